The Bertz CT molecular complexity index is 311. The Morgan fingerprint density at radius 2 is 2.13 bits per heavy atom. The number of likely N-dealkylation sites (tertiary alicyclic amines) is 1. The number of sulfonamides is 1. The lowest BCUT2D eigenvalue weighted by atomic mass is 10.1. The van der Waals surface area contributed by atoms with Gasteiger partial charge in [-0.05, 0) is 25.8 Å². The number of hydrogen-bond donors (Lipinski definition) is 1. The molecule has 0 amide bonds. The summed E-state index contributed by atoms with van der Waals surface area (Å²) in [5.74, 6) is 0. The van der Waals surface area contributed by atoms with Crippen molar-refractivity contribution >= 4 is 10.0 Å². The van der Waals surface area contributed by atoms with Crippen LogP contribution in [0.25, 0.3) is 0 Å². The molecule has 0 aliphatic carbocycles. The van der Waals surface area contributed by atoms with Crippen LogP contribution in [0.1, 0.15) is 19.3 Å². The molecule has 0 saturated carbocycles. The zero-order chi connectivity index (χ0) is 10.9. The van der Waals surface area contributed by atoms with E-state index in [-0.39, 0.29) is 5.25 Å². The topological polar surface area (TPSA) is 72.6 Å². The summed E-state index contributed by atoms with van der Waals surface area (Å²) in [7, 11) is -3.37. The lowest BCUT2D eigenvalue weighted by molar-refractivity contribution is 0.129. The second kappa shape index (κ2) is 4.37. The van der Waals surface area contributed by atoms with Crippen LogP contribution >= 0.6 is 0 Å². The molecule has 0 radical (unpaired) electrons. The van der Waals surface area contributed by atoms with E-state index in [1.807, 2.05) is 0 Å². The first-order chi connectivity index (χ1) is 7.07. The quantitative estimate of drug-likeness (QED) is 0.701. The molecule has 2 rings (SSSR count). The smallest absolute Gasteiger partial charge is 0.213 e. The highest BCUT2D eigenvalue weighted by Gasteiger charge is 2.32. The minimum absolute atomic E-state index is 0.383. The van der Waals surface area contributed by atoms with Crippen molar-refractivity contribution in [3.8, 4) is 0 Å². The predicted molar refractivity (Wildman–Crippen MR) is 56.9 cm³/mol. The molecule has 2 aliphatic rings. The van der Waals surface area contributed by atoms with Gasteiger partial charge in [-0.15, -0.1) is 0 Å². The van der Waals surface area contributed by atoms with Crippen LogP contribution in [0.2, 0.25) is 0 Å². The van der Waals surface area contributed by atoms with E-state index in [9.17, 15) is 8.42 Å². The van der Waals surface area contributed by atoms with Crippen LogP contribution in [0.5, 0.6) is 0 Å². The van der Waals surface area contributed by atoms with Crippen LogP contribution in [-0.2, 0) is 14.8 Å². The van der Waals surface area contributed by atoms with Crippen molar-refractivity contribution in [3.63, 3.8) is 0 Å². The lowest BCUT2D eigenvalue weighted by Gasteiger charge is -2.35. The van der Waals surface area contributed by atoms with Crippen LogP contribution in [0.4, 0.5) is 0 Å². The summed E-state index contributed by atoms with van der Waals surface area (Å²) >= 11 is 0. The van der Waals surface area contributed by atoms with Crippen LogP contribution in [0.3, 0.4) is 0 Å². The molecule has 2 heterocycles. The average molecular weight is 234 g/mol. The number of nitrogens with two attached hydrogens (primary N) is 1. The molecule has 0 spiro atoms. The monoisotopic (exact) mass is 234 g/mol. The Morgan fingerprint density at radius 3 is 2.73 bits per heavy atom. The van der Waals surface area contributed by atoms with E-state index in [1.54, 1.807) is 0 Å². The lowest BCUT2D eigenvalue weighted by Crippen LogP contribution is -2.48. The van der Waals surface area contributed by atoms with Crippen LogP contribution in [0, 0.1) is 0 Å². The molecular formula is C9H18N2O3S. The summed E-state index contributed by atoms with van der Waals surface area (Å²) in [5, 5.41) is 4.80. The number of ether oxygens (including phenoxy) is 1. The zero-order valence-electron chi connectivity index (χ0n) is 8.76. The highest BCUT2D eigenvalue weighted by atomic mass is 32.2. The maximum atomic E-state index is 11.3. The first-order valence-corrected chi connectivity index (χ1v) is 7.02. The maximum absolute atomic E-state index is 11.3. The van der Waals surface area contributed by atoms with E-state index in [0.717, 1.165) is 32.6 Å². The van der Waals surface area contributed by atoms with E-state index >= 15 is 0 Å². The number of primary sulfonamides is 1. The van der Waals surface area contributed by atoms with Gasteiger partial charge in [-0.2, -0.15) is 0 Å². The standard InChI is InChI=1S/C9H18N2O3S/c10-15(12,13)9-2-1-4-11(6-9)8-3-5-14-7-8/h8-9H,1-7H2,(H2,10,12,13). The van der Waals surface area contributed by atoms with Crippen molar-refractivity contribution in [3.05, 3.63) is 0 Å². The summed E-state index contributed by atoms with van der Waals surface area (Å²) in [6.07, 6.45) is 2.62. The van der Waals surface area contributed by atoms with E-state index in [0.29, 0.717) is 19.0 Å². The van der Waals surface area contributed by atoms with Crippen molar-refractivity contribution in [2.24, 2.45) is 5.14 Å². The number of hydrogen-bond acceptors (Lipinski definition) is 4. The van der Waals surface area contributed by atoms with E-state index < -0.39 is 10.0 Å². The van der Waals surface area contributed by atoms with Gasteiger partial charge in [0.1, 0.15) is 0 Å². The Kier molecular flexibility index (Phi) is 3.30. The van der Waals surface area contributed by atoms with Gasteiger partial charge >= 0.3 is 0 Å². The normalized spacial score (nSPS) is 34.5. The molecule has 2 unspecified atom stereocenters. The molecule has 2 aliphatic heterocycles. The molecule has 15 heavy (non-hydrogen) atoms. The third kappa shape index (κ3) is 2.69. The van der Waals surface area contributed by atoms with Crippen LogP contribution in [-0.4, -0.2) is 50.9 Å². The number of rotatable bonds is 2. The Labute approximate surface area is 90.6 Å². The first kappa shape index (κ1) is 11.3. The van der Waals surface area contributed by atoms with Crippen molar-refractivity contribution in [2.45, 2.75) is 30.6 Å². The highest BCUT2D eigenvalue weighted by molar-refractivity contribution is 7.89. The van der Waals surface area contributed by atoms with Gasteiger partial charge < -0.3 is 4.74 Å². The van der Waals surface area contributed by atoms with Gasteiger partial charge in [0.2, 0.25) is 10.0 Å². The van der Waals surface area contributed by atoms with E-state index in [2.05, 4.69) is 4.90 Å². The molecule has 2 N–H and O–H groups in total. The Morgan fingerprint density at radius 1 is 1.33 bits per heavy atom. The molecule has 5 nitrogen and oxygen atoms in total. The van der Waals surface area contributed by atoms with Crippen molar-refractivity contribution in [1.29, 1.82) is 0 Å². The third-order valence-electron chi connectivity index (χ3n) is 3.30. The molecule has 0 bridgehead atoms. The van der Waals surface area contributed by atoms with Crippen LogP contribution in [0.15, 0.2) is 0 Å². The van der Waals surface area contributed by atoms with Crippen molar-refractivity contribution < 1.29 is 13.2 Å². The Hall–Kier alpha value is -0.170. The molecular weight excluding hydrogens is 216 g/mol. The maximum Gasteiger partial charge on any atom is 0.213 e. The minimum atomic E-state index is -3.37. The fourth-order valence-corrected chi connectivity index (χ4v) is 3.27. The minimum Gasteiger partial charge on any atom is -0.380 e. The number of piperidine rings is 1. The second-order valence-corrected chi connectivity index (χ2v) is 6.21. The van der Waals surface area contributed by atoms with E-state index in [4.69, 9.17) is 9.88 Å². The van der Waals surface area contributed by atoms with Crippen LogP contribution < -0.4 is 5.14 Å². The van der Waals surface area contributed by atoms with E-state index in [1.165, 1.54) is 0 Å². The van der Waals surface area contributed by atoms with Crippen molar-refractivity contribution in [2.75, 3.05) is 26.3 Å². The molecule has 88 valence electrons. The van der Waals surface area contributed by atoms with Gasteiger partial charge in [0.05, 0.1) is 11.9 Å². The summed E-state index contributed by atoms with van der Waals surface area (Å²) in [6.45, 7) is 3.07. The Balaban J connectivity index is 1.97. The second-order valence-electron chi connectivity index (χ2n) is 4.37. The SMILES string of the molecule is NS(=O)(=O)C1CCCN(C2CCOC2)C1. The molecule has 6 heteroatoms. The largest absolute Gasteiger partial charge is 0.380 e. The van der Waals surface area contributed by atoms with Gasteiger partial charge in [-0.3, -0.25) is 4.90 Å². The summed E-state index contributed by atoms with van der Waals surface area (Å²) in [4.78, 5) is 2.21. The van der Waals surface area contributed by atoms with Gasteiger partial charge in [0, 0.05) is 19.2 Å². The predicted octanol–water partition coefficient (Wildman–Crippen LogP) is -0.472. The summed E-state index contributed by atoms with van der Waals surface area (Å²) in [6, 6.07) is 0.398. The molecule has 0 aromatic carbocycles. The van der Waals surface area contributed by atoms with Gasteiger partial charge in [-0.1, -0.05) is 0 Å². The molecule has 2 fully saturated rings. The molecule has 2 atom stereocenters. The highest BCUT2D eigenvalue weighted by Crippen LogP contribution is 2.21. The fourth-order valence-electron chi connectivity index (χ4n) is 2.38. The molecule has 0 aromatic rings. The van der Waals surface area contributed by atoms with Gasteiger partial charge in [0.25, 0.3) is 0 Å². The molecule has 2 saturated heterocycles. The third-order valence-corrected chi connectivity index (χ3v) is 4.61. The van der Waals surface area contributed by atoms with Gasteiger partial charge in [-0.25, -0.2) is 13.6 Å². The number of nitrogens with zero attached hydrogens (tertiary/aromatic N) is 1. The fraction of sp³-hybridized carbons (Fsp3) is 1.00. The van der Waals surface area contributed by atoms with Gasteiger partial charge in [0.15, 0.2) is 0 Å². The summed E-state index contributed by atoms with van der Waals surface area (Å²) in [5.41, 5.74) is 0. The zero-order valence-corrected chi connectivity index (χ0v) is 9.58. The van der Waals surface area contributed by atoms with Crippen molar-refractivity contribution in [1.82, 2.24) is 4.90 Å². The summed E-state index contributed by atoms with van der Waals surface area (Å²) < 4.78 is 27.8. The average Bonchev–Trinajstić information content (AvgIpc) is 2.69. The first-order valence-electron chi connectivity index (χ1n) is 5.41. The molecule has 0 aromatic heterocycles.